The zero-order chi connectivity index (χ0) is 17.9. The molecule has 2 unspecified atom stereocenters. The lowest BCUT2D eigenvalue weighted by Crippen LogP contribution is -2.50. The van der Waals surface area contributed by atoms with E-state index in [1.54, 1.807) is 6.92 Å². The molecule has 5 nitrogen and oxygen atoms in total. The van der Waals surface area contributed by atoms with Crippen LogP contribution in [0.15, 0.2) is 24.3 Å². The van der Waals surface area contributed by atoms with Gasteiger partial charge in [-0.05, 0) is 24.1 Å². The summed E-state index contributed by atoms with van der Waals surface area (Å²) in [6.07, 6.45) is -5.15. The van der Waals surface area contributed by atoms with Crippen molar-refractivity contribution in [3.05, 3.63) is 35.4 Å². The van der Waals surface area contributed by atoms with Crippen LogP contribution in [0.1, 0.15) is 18.1 Å². The predicted octanol–water partition coefficient (Wildman–Crippen LogP) is 2.20. The molecule has 1 fully saturated rings. The Labute approximate surface area is 137 Å². The van der Waals surface area contributed by atoms with E-state index in [2.05, 4.69) is 0 Å². The number of carbonyl (C=O) groups excluding carboxylic acids is 1. The number of benzene rings is 1. The van der Waals surface area contributed by atoms with Crippen LogP contribution >= 0.6 is 0 Å². The maximum atomic E-state index is 12.5. The first-order valence-corrected chi connectivity index (χ1v) is 7.48. The fourth-order valence-electron chi connectivity index (χ4n) is 2.58. The Hall–Kier alpha value is -2.09. The smallest absolute Gasteiger partial charge is 0.416 e. The molecule has 0 bridgehead atoms. The van der Waals surface area contributed by atoms with Crippen LogP contribution in [0.2, 0.25) is 0 Å². The Morgan fingerprint density at radius 1 is 1.33 bits per heavy atom. The van der Waals surface area contributed by atoms with E-state index in [4.69, 9.17) is 9.84 Å². The second-order valence-corrected chi connectivity index (χ2v) is 5.78. The number of aliphatic carboxylic acids is 1. The summed E-state index contributed by atoms with van der Waals surface area (Å²) in [6.45, 7) is 2.10. The highest BCUT2D eigenvalue weighted by atomic mass is 19.4. The molecule has 0 saturated carbocycles. The molecule has 2 atom stereocenters. The number of morpholine rings is 1. The number of rotatable bonds is 4. The minimum absolute atomic E-state index is 0.0223. The van der Waals surface area contributed by atoms with Crippen LogP contribution in [0.4, 0.5) is 13.2 Å². The molecule has 0 spiro atoms. The van der Waals surface area contributed by atoms with Crippen LogP contribution in [0, 0.1) is 5.92 Å². The molecule has 1 aromatic carbocycles. The molecule has 1 aromatic rings. The molecule has 24 heavy (non-hydrogen) atoms. The van der Waals surface area contributed by atoms with E-state index in [1.807, 2.05) is 0 Å². The number of hydrogen-bond donors (Lipinski definition) is 1. The average Bonchev–Trinajstić information content (AvgIpc) is 2.53. The van der Waals surface area contributed by atoms with Crippen molar-refractivity contribution < 1.29 is 32.6 Å². The zero-order valence-electron chi connectivity index (χ0n) is 13.0. The quantitative estimate of drug-likeness (QED) is 0.908. The Balaban J connectivity index is 1.97. The van der Waals surface area contributed by atoms with Gasteiger partial charge in [0, 0.05) is 12.5 Å². The van der Waals surface area contributed by atoms with Crippen molar-refractivity contribution in [3.63, 3.8) is 0 Å². The lowest BCUT2D eigenvalue weighted by Gasteiger charge is -2.32. The summed E-state index contributed by atoms with van der Waals surface area (Å²) >= 11 is 0. The molecule has 0 radical (unpaired) electrons. The van der Waals surface area contributed by atoms with Gasteiger partial charge in [-0.2, -0.15) is 13.2 Å². The van der Waals surface area contributed by atoms with E-state index in [1.165, 1.54) is 17.0 Å². The first-order chi connectivity index (χ1) is 11.2. The highest BCUT2D eigenvalue weighted by Gasteiger charge is 2.32. The van der Waals surface area contributed by atoms with Crippen LogP contribution in [-0.2, 0) is 26.9 Å². The number of carboxylic acids is 1. The standard InChI is InChI=1S/C16H18F3NO4/c1-10(8-11-2-4-12(5-3-11)16(17,18)19)14(21)20-6-7-24-13(9-20)15(22)23/h2-5,10,13H,6-9H2,1H3,(H,22,23). The van der Waals surface area contributed by atoms with E-state index in [9.17, 15) is 22.8 Å². The Morgan fingerprint density at radius 2 is 1.96 bits per heavy atom. The second kappa shape index (κ2) is 7.21. The van der Waals surface area contributed by atoms with Crippen LogP contribution in [0.25, 0.3) is 0 Å². The van der Waals surface area contributed by atoms with E-state index >= 15 is 0 Å². The number of ether oxygens (including phenoxy) is 1. The highest BCUT2D eigenvalue weighted by Crippen LogP contribution is 2.29. The topological polar surface area (TPSA) is 66.8 Å². The van der Waals surface area contributed by atoms with Gasteiger partial charge in [-0.25, -0.2) is 4.79 Å². The largest absolute Gasteiger partial charge is 0.479 e. The summed E-state index contributed by atoms with van der Waals surface area (Å²) in [4.78, 5) is 24.8. The number of halogens is 3. The number of amides is 1. The van der Waals surface area contributed by atoms with Crippen LogP contribution < -0.4 is 0 Å². The molecule has 1 aliphatic rings. The molecular formula is C16H18F3NO4. The number of hydrogen-bond acceptors (Lipinski definition) is 3. The van der Waals surface area contributed by atoms with Gasteiger partial charge in [0.25, 0.3) is 0 Å². The summed E-state index contributed by atoms with van der Waals surface area (Å²) in [6, 6.07) is 4.68. The molecule has 8 heteroatoms. The predicted molar refractivity (Wildman–Crippen MR) is 78.3 cm³/mol. The minimum Gasteiger partial charge on any atom is -0.479 e. The maximum Gasteiger partial charge on any atom is 0.416 e. The van der Waals surface area contributed by atoms with Gasteiger partial charge >= 0.3 is 12.1 Å². The minimum atomic E-state index is -4.39. The fraction of sp³-hybridized carbons (Fsp3) is 0.500. The first kappa shape index (κ1) is 18.3. The van der Waals surface area contributed by atoms with Gasteiger partial charge in [-0.15, -0.1) is 0 Å². The molecule has 1 heterocycles. The van der Waals surface area contributed by atoms with Gasteiger partial charge in [-0.1, -0.05) is 19.1 Å². The van der Waals surface area contributed by atoms with Crippen molar-refractivity contribution in [2.75, 3.05) is 19.7 Å². The summed E-state index contributed by atoms with van der Waals surface area (Å²) in [5, 5.41) is 8.95. The van der Waals surface area contributed by atoms with Crippen LogP contribution in [-0.4, -0.2) is 47.7 Å². The first-order valence-electron chi connectivity index (χ1n) is 7.48. The zero-order valence-corrected chi connectivity index (χ0v) is 13.0. The van der Waals surface area contributed by atoms with Crippen molar-refractivity contribution in [2.45, 2.75) is 25.6 Å². The number of alkyl halides is 3. The molecule has 0 aromatic heterocycles. The van der Waals surface area contributed by atoms with Gasteiger partial charge in [0.15, 0.2) is 6.10 Å². The van der Waals surface area contributed by atoms with Crippen LogP contribution in [0.5, 0.6) is 0 Å². The lowest BCUT2D eigenvalue weighted by molar-refractivity contribution is -0.160. The van der Waals surface area contributed by atoms with Gasteiger partial charge in [0.2, 0.25) is 5.91 Å². The lowest BCUT2D eigenvalue weighted by atomic mass is 9.98. The molecule has 1 amide bonds. The third-order valence-electron chi connectivity index (χ3n) is 3.90. The molecule has 1 N–H and O–H groups in total. The Kier molecular flexibility index (Phi) is 5.48. The van der Waals surface area contributed by atoms with Crippen LogP contribution in [0.3, 0.4) is 0 Å². The van der Waals surface area contributed by atoms with Gasteiger partial charge in [0.05, 0.1) is 18.7 Å². The van der Waals surface area contributed by atoms with E-state index in [0.29, 0.717) is 12.1 Å². The Bertz CT molecular complexity index is 600. The van der Waals surface area contributed by atoms with Crippen molar-refractivity contribution in [1.82, 2.24) is 4.90 Å². The number of nitrogens with zero attached hydrogens (tertiary/aromatic N) is 1. The summed E-state index contributed by atoms with van der Waals surface area (Å²) in [7, 11) is 0. The van der Waals surface area contributed by atoms with Crippen molar-refractivity contribution in [2.24, 2.45) is 5.92 Å². The normalized spacial score (nSPS) is 19.8. The molecular weight excluding hydrogens is 327 g/mol. The van der Waals surface area contributed by atoms with E-state index < -0.39 is 29.7 Å². The van der Waals surface area contributed by atoms with Crippen molar-refractivity contribution >= 4 is 11.9 Å². The third kappa shape index (κ3) is 4.47. The SMILES string of the molecule is CC(Cc1ccc(C(F)(F)F)cc1)C(=O)N1CCOC(C(=O)O)C1. The Morgan fingerprint density at radius 3 is 2.50 bits per heavy atom. The number of carbonyl (C=O) groups is 2. The van der Waals surface area contributed by atoms with Gasteiger partial charge in [0.1, 0.15) is 0 Å². The second-order valence-electron chi connectivity index (χ2n) is 5.78. The van der Waals surface area contributed by atoms with Crippen molar-refractivity contribution in [3.8, 4) is 0 Å². The van der Waals surface area contributed by atoms with Gasteiger partial charge < -0.3 is 14.7 Å². The molecule has 132 valence electrons. The summed E-state index contributed by atoms with van der Waals surface area (Å²) in [5.41, 5.74) is -0.116. The number of carboxylic acid groups (broad SMARTS) is 1. The monoisotopic (exact) mass is 345 g/mol. The summed E-state index contributed by atoms with van der Waals surface area (Å²) in [5.74, 6) is -1.82. The van der Waals surface area contributed by atoms with Gasteiger partial charge in [-0.3, -0.25) is 4.79 Å². The van der Waals surface area contributed by atoms with E-state index in [0.717, 1.165) is 12.1 Å². The molecule has 1 saturated heterocycles. The average molecular weight is 345 g/mol. The molecule has 1 aliphatic heterocycles. The molecule has 2 rings (SSSR count). The fourth-order valence-corrected chi connectivity index (χ4v) is 2.58. The molecule has 0 aliphatic carbocycles. The van der Waals surface area contributed by atoms with E-state index in [-0.39, 0.29) is 25.5 Å². The third-order valence-corrected chi connectivity index (χ3v) is 3.90. The van der Waals surface area contributed by atoms with Crippen molar-refractivity contribution in [1.29, 1.82) is 0 Å². The highest BCUT2D eigenvalue weighted by molar-refractivity contribution is 5.80. The maximum absolute atomic E-state index is 12.5. The summed E-state index contributed by atoms with van der Waals surface area (Å²) < 4.78 is 42.7.